The number of aromatic nitrogens is 2. The van der Waals surface area contributed by atoms with Crippen LogP contribution in [-0.4, -0.2) is 9.97 Å². The van der Waals surface area contributed by atoms with Crippen molar-refractivity contribution in [1.29, 1.82) is 0 Å². The van der Waals surface area contributed by atoms with Gasteiger partial charge in [-0.15, -0.1) is 11.3 Å². The molecule has 2 N–H and O–H groups in total. The second kappa shape index (κ2) is 6.14. The van der Waals surface area contributed by atoms with Crippen LogP contribution in [0.4, 0.5) is 10.1 Å². The van der Waals surface area contributed by atoms with Crippen LogP contribution in [0.25, 0.3) is 20.8 Å². The summed E-state index contributed by atoms with van der Waals surface area (Å²) in [4.78, 5) is 9.80. The fourth-order valence-corrected chi connectivity index (χ4v) is 3.50. The zero-order valence-corrected chi connectivity index (χ0v) is 14.2. The van der Waals surface area contributed by atoms with Gasteiger partial charge in [-0.1, -0.05) is 6.07 Å². The van der Waals surface area contributed by atoms with E-state index in [2.05, 4.69) is 9.97 Å². The van der Waals surface area contributed by atoms with E-state index < -0.39 is 5.82 Å². The molecular formula is C19H14FN3OS. The highest BCUT2D eigenvalue weighted by molar-refractivity contribution is 7.22. The van der Waals surface area contributed by atoms with Crippen LogP contribution >= 0.6 is 11.3 Å². The molecule has 0 aliphatic carbocycles. The zero-order valence-electron chi connectivity index (χ0n) is 13.4. The van der Waals surface area contributed by atoms with Gasteiger partial charge in [-0.3, -0.25) is 9.97 Å². The molecule has 0 aliphatic rings. The highest BCUT2D eigenvalue weighted by atomic mass is 32.1. The van der Waals surface area contributed by atoms with Gasteiger partial charge < -0.3 is 10.5 Å². The standard InChI is InChI=1S/C19H14FN3OS/c1-11-2-4-14(23-10-11)18-9-15-19(25-18)17(6-7-22-15)24-16-5-3-12(21)8-13(16)20/h2-10H,21H2,1H3. The molecule has 0 radical (unpaired) electrons. The third kappa shape index (κ3) is 3.04. The Morgan fingerprint density at radius 2 is 1.92 bits per heavy atom. The van der Waals surface area contributed by atoms with Crippen LogP contribution in [0.5, 0.6) is 11.5 Å². The first-order valence-electron chi connectivity index (χ1n) is 7.64. The van der Waals surface area contributed by atoms with E-state index in [9.17, 15) is 4.39 Å². The van der Waals surface area contributed by atoms with Crippen molar-refractivity contribution in [2.24, 2.45) is 0 Å². The number of nitrogens with two attached hydrogens (primary N) is 1. The summed E-state index contributed by atoms with van der Waals surface area (Å²) in [5, 5.41) is 0. The molecule has 3 heterocycles. The van der Waals surface area contributed by atoms with E-state index >= 15 is 0 Å². The van der Waals surface area contributed by atoms with E-state index in [0.717, 1.165) is 26.4 Å². The number of rotatable bonds is 3. The van der Waals surface area contributed by atoms with Crippen LogP contribution in [-0.2, 0) is 0 Å². The van der Waals surface area contributed by atoms with Crippen LogP contribution in [0.15, 0.2) is 54.9 Å². The van der Waals surface area contributed by atoms with Crippen molar-refractivity contribution in [3.8, 4) is 22.1 Å². The first kappa shape index (κ1) is 15.5. The molecule has 124 valence electrons. The van der Waals surface area contributed by atoms with Crippen molar-refractivity contribution in [2.75, 3.05) is 5.73 Å². The smallest absolute Gasteiger partial charge is 0.167 e. The quantitative estimate of drug-likeness (QED) is 0.517. The van der Waals surface area contributed by atoms with E-state index in [1.165, 1.54) is 23.5 Å². The SMILES string of the molecule is Cc1ccc(-c2cc3nccc(Oc4ccc(N)cc4F)c3s2)nc1. The molecule has 0 saturated carbocycles. The first-order valence-corrected chi connectivity index (χ1v) is 8.46. The fraction of sp³-hybridized carbons (Fsp3) is 0.0526. The predicted octanol–water partition coefficient (Wildman–Crippen LogP) is 5.18. The Morgan fingerprint density at radius 3 is 2.68 bits per heavy atom. The van der Waals surface area contributed by atoms with Crippen molar-refractivity contribution in [3.63, 3.8) is 0 Å². The molecule has 0 bridgehead atoms. The van der Waals surface area contributed by atoms with Gasteiger partial charge in [0.1, 0.15) is 5.75 Å². The Hall–Kier alpha value is -2.99. The van der Waals surface area contributed by atoms with E-state index in [1.807, 2.05) is 31.3 Å². The lowest BCUT2D eigenvalue weighted by atomic mass is 10.2. The number of benzene rings is 1. The summed E-state index contributed by atoms with van der Waals surface area (Å²) in [5.74, 6) is 0.184. The average molecular weight is 351 g/mol. The molecule has 0 amide bonds. The number of ether oxygens (including phenoxy) is 1. The largest absolute Gasteiger partial charge is 0.453 e. The average Bonchev–Trinajstić information content (AvgIpc) is 3.03. The van der Waals surface area contributed by atoms with Crippen LogP contribution in [0, 0.1) is 12.7 Å². The Bertz CT molecular complexity index is 1060. The van der Waals surface area contributed by atoms with Crippen molar-refractivity contribution in [1.82, 2.24) is 9.97 Å². The van der Waals surface area contributed by atoms with E-state index in [-0.39, 0.29) is 5.75 Å². The normalized spacial score (nSPS) is 11.0. The van der Waals surface area contributed by atoms with Gasteiger partial charge in [-0.2, -0.15) is 0 Å². The zero-order chi connectivity index (χ0) is 17.4. The van der Waals surface area contributed by atoms with Gasteiger partial charge in [0.15, 0.2) is 11.6 Å². The van der Waals surface area contributed by atoms with Crippen molar-refractivity contribution in [2.45, 2.75) is 6.92 Å². The lowest BCUT2D eigenvalue weighted by Gasteiger charge is -2.07. The second-order valence-corrected chi connectivity index (χ2v) is 6.70. The van der Waals surface area contributed by atoms with E-state index in [1.54, 1.807) is 18.3 Å². The van der Waals surface area contributed by atoms with Crippen LogP contribution in [0.2, 0.25) is 0 Å². The highest BCUT2D eigenvalue weighted by Gasteiger charge is 2.13. The lowest BCUT2D eigenvalue weighted by molar-refractivity contribution is 0.447. The Balaban J connectivity index is 1.76. The maximum absolute atomic E-state index is 14.0. The summed E-state index contributed by atoms with van der Waals surface area (Å²) in [6.45, 7) is 2.00. The molecule has 4 rings (SSSR count). The summed E-state index contributed by atoms with van der Waals surface area (Å²) in [6.07, 6.45) is 3.47. The molecule has 4 aromatic rings. The monoisotopic (exact) mass is 351 g/mol. The van der Waals surface area contributed by atoms with Gasteiger partial charge in [0, 0.05) is 30.2 Å². The number of thiophene rings is 1. The molecule has 0 aliphatic heterocycles. The third-order valence-corrected chi connectivity index (χ3v) is 4.88. The second-order valence-electron chi connectivity index (χ2n) is 5.65. The minimum Gasteiger partial charge on any atom is -0.453 e. The van der Waals surface area contributed by atoms with E-state index in [0.29, 0.717) is 11.4 Å². The summed E-state index contributed by atoms with van der Waals surface area (Å²) in [6, 6.07) is 12.0. The molecule has 0 fully saturated rings. The molecule has 0 saturated heterocycles. The Labute approximate surface area is 147 Å². The van der Waals surface area contributed by atoms with Gasteiger partial charge in [0.05, 0.1) is 20.8 Å². The van der Waals surface area contributed by atoms with Crippen molar-refractivity contribution >= 4 is 27.2 Å². The molecule has 0 unspecified atom stereocenters. The van der Waals surface area contributed by atoms with Gasteiger partial charge >= 0.3 is 0 Å². The molecular weight excluding hydrogens is 337 g/mol. The number of anilines is 1. The first-order chi connectivity index (χ1) is 12.1. The van der Waals surface area contributed by atoms with Gasteiger partial charge in [-0.25, -0.2) is 4.39 Å². The third-order valence-electron chi connectivity index (χ3n) is 3.72. The number of halogens is 1. The maximum atomic E-state index is 14.0. The summed E-state index contributed by atoms with van der Waals surface area (Å²) in [7, 11) is 0. The van der Waals surface area contributed by atoms with Gasteiger partial charge in [0.25, 0.3) is 0 Å². The molecule has 1 aromatic carbocycles. The minimum atomic E-state index is -0.498. The lowest BCUT2D eigenvalue weighted by Crippen LogP contribution is -1.91. The van der Waals surface area contributed by atoms with E-state index in [4.69, 9.17) is 10.5 Å². The minimum absolute atomic E-state index is 0.130. The van der Waals surface area contributed by atoms with Gasteiger partial charge in [0.2, 0.25) is 0 Å². The molecule has 0 atom stereocenters. The fourth-order valence-electron chi connectivity index (χ4n) is 2.45. The number of hydrogen-bond acceptors (Lipinski definition) is 5. The number of nitrogen functional groups attached to an aromatic ring is 1. The highest BCUT2D eigenvalue weighted by Crippen LogP contribution is 2.39. The summed E-state index contributed by atoms with van der Waals surface area (Å²) in [5.41, 5.74) is 8.70. The van der Waals surface area contributed by atoms with Crippen LogP contribution in [0.1, 0.15) is 5.56 Å². The number of nitrogens with zero attached hydrogens (tertiary/aromatic N) is 2. The van der Waals surface area contributed by atoms with Crippen LogP contribution < -0.4 is 10.5 Å². The number of fused-ring (bicyclic) bond motifs is 1. The van der Waals surface area contributed by atoms with Crippen molar-refractivity contribution < 1.29 is 9.13 Å². The Kier molecular flexibility index (Phi) is 3.82. The predicted molar refractivity (Wildman–Crippen MR) is 98.5 cm³/mol. The number of hydrogen-bond donors (Lipinski definition) is 1. The maximum Gasteiger partial charge on any atom is 0.167 e. The number of pyridine rings is 2. The summed E-state index contributed by atoms with van der Waals surface area (Å²) >= 11 is 1.51. The Morgan fingerprint density at radius 1 is 1.04 bits per heavy atom. The topological polar surface area (TPSA) is 61.0 Å². The molecule has 25 heavy (non-hydrogen) atoms. The molecule has 6 heteroatoms. The number of aryl methyl sites for hydroxylation is 1. The van der Waals surface area contributed by atoms with Crippen molar-refractivity contribution in [3.05, 3.63) is 66.2 Å². The molecule has 4 nitrogen and oxygen atoms in total. The van der Waals surface area contributed by atoms with Crippen LogP contribution in [0.3, 0.4) is 0 Å². The molecule has 0 spiro atoms. The summed E-state index contributed by atoms with van der Waals surface area (Å²) < 4.78 is 20.6. The van der Waals surface area contributed by atoms with Gasteiger partial charge in [-0.05, 0) is 36.8 Å². The molecule has 3 aromatic heterocycles.